The molecule has 0 saturated carbocycles. The average Bonchev–Trinajstić information content (AvgIpc) is 2.51. The molecule has 0 saturated heterocycles. The van der Waals surface area contributed by atoms with Crippen molar-refractivity contribution in [3.05, 3.63) is 10.4 Å². The molecule has 0 rings (SSSR count). The Labute approximate surface area is 124 Å². The van der Waals surface area contributed by atoms with Crippen molar-refractivity contribution in [2.45, 2.75) is 12.5 Å². The Bertz CT molecular complexity index is 310. The predicted octanol–water partition coefficient (Wildman–Crippen LogP) is 0.498. The van der Waals surface area contributed by atoms with Crippen LogP contribution < -0.4 is 5.32 Å². The molecule has 0 aromatic carbocycles. The fraction of sp³-hybridized carbons (Fsp3) is 0.917. The number of azide groups is 1. The number of carbonyl (C=O) groups excluding carboxylic acids is 1. The van der Waals surface area contributed by atoms with Crippen molar-refractivity contribution in [1.29, 1.82) is 0 Å². The van der Waals surface area contributed by atoms with Gasteiger partial charge in [0.25, 0.3) is 0 Å². The fourth-order valence-electron chi connectivity index (χ4n) is 1.29. The Morgan fingerprint density at radius 1 is 1.19 bits per heavy atom. The first kappa shape index (κ1) is 19.6. The van der Waals surface area contributed by atoms with E-state index in [0.717, 1.165) is 0 Å². The molecule has 0 heterocycles. The highest BCUT2D eigenvalue weighted by Crippen LogP contribution is 1.90. The highest BCUT2D eigenvalue weighted by molar-refractivity contribution is 5.69. The molecular formula is C12H24N4O5. The van der Waals surface area contributed by atoms with Crippen molar-refractivity contribution in [1.82, 2.24) is 5.32 Å². The first-order valence-corrected chi connectivity index (χ1v) is 6.72. The van der Waals surface area contributed by atoms with Crippen LogP contribution in [0.3, 0.4) is 0 Å². The van der Waals surface area contributed by atoms with Gasteiger partial charge in [0.1, 0.15) is 0 Å². The minimum Gasteiger partial charge on any atom is -0.469 e. The summed E-state index contributed by atoms with van der Waals surface area (Å²) in [6.07, 6.45) is 0.245. The smallest absolute Gasteiger partial charge is 0.307 e. The number of methoxy groups -OCH3 is 1. The molecule has 0 fully saturated rings. The number of hydrogen-bond donors (Lipinski definition) is 1. The second kappa shape index (κ2) is 15.0. The van der Waals surface area contributed by atoms with E-state index in [9.17, 15) is 4.79 Å². The molecule has 9 heteroatoms. The zero-order valence-corrected chi connectivity index (χ0v) is 12.6. The van der Waals surface area contributed by atoms with E-state index in [0.29, 0.717) is 46.2 Å². The number of esters is 1. The maximum absolute atomic E-state index is 10.8. The van der Waals surface area contributed by atoms with Crippen molar-refractivity contribution in [3.63, 3.8) is 0 Å². The zero-order chi connectivity index (χ0) is 15.8. The molecule has 0 amide bonds. The normalized spacial score (nSPS) is 11.7. The highest BCUT2D eigenvalue weighted by Gasteiger charge is 2.06. The van der Waals surface area contributed by atoms with Crippen LogP contribution in [0.15, 0.2) is 5.11 Å². The predicted molar refractivity (Wildman–Crippen MR) is 76.0 cm³/mol. The van der Waals surface area contributed by atoms with Crippen LogP contribution in [0.5, 0.6) is 0 Å². The summed E-state index contributed by atoms with van der Waals surface area (Å²) in [5.74, 6) is -0.288. The van der Waals surface area contributed by atoms with Crippen LogP contribution >= 0.6 is 0 Å². The van der Waals surface area contributed by atoms with E-state index < -0.39 is 0 Å². The summed E-state index contributed by atoms with van der Waals surface area (Å²) in [6, 6.07) is 0.0612. The molecule has 0 bridgehead atoms. The van der Waals surface area contributed by atoms with Gasteiger partial charge in [-0.15, -0.1) is 0 Å². The summed E-state index contributed by atoms with van der Waals surface area (Å²) in [7, 11) is 3.16. The summed E-state index contributed by atoms with van der Waals surface area (Å²) in [5.41, 5.74) is 8.10. The summed E-state index contributed by atoms with van der Waals surface area (Å²) in [5, 5.41) is 6.43. The lowest BCUT2D eigenvalue weighted by Crippen LogP contribution is -2.35. The quantitative estimate of drug-likeness (QED) is 0.164. The summed E-state index contributed by atoms with van der Waals surface area (Å²) >= 11 is 0. The maximum Gasteiger partial charge on any atom is 0.307 e. The molecule has 0 aliphatic rings. The first-order chi connectivity index (χ1) is 10.2. The zero-order valence-electron chi connectivity index (χ0n) is 12.6. The van der Waals surface area contributed by atoms with Gasteiger partial charge in [-0.1, -0.05) is 5.11 Å². The lowest BCUT2D eigenvalue weighted by atomic mass is 10.3. The second-order valence-electron chi connectivity index (χ2n) is 4.03. The lowest BCUT2D eigenvalue weighted by molar-refractivity contribution is -0.141. The molecule has 1 atom stereocenters. The summed E-state index contributed by atoms with van der Waals surface area (Å²) in [4.78, 5) is 13.4. The van der Waals surface area contributed by atoms with Crippen LogP contribution in [0, 0.1) is 0 Å². The van der Waals surface area contributed by atoms with Crippen molar-refractivity contribution in [2.24, 2.45) is 5.11 Å². The molecule has 0 spiro atoms. The Balaban J connectivity index is 3.42. The van der Waals surface area contributed by atoms with E-state index in [1.165, 1.54) is 7.11 Å². The highest BCUT2D eigenvalue weighted by atomic mass is 16.5. The van der Waals surface area contributed by atoms with Gasteiger partial charge in [-0.2, -0.15) is 0 Å². The van der Waals surface area contributed by atoms with Crippen LogP contribution in [0.2, 0.25) is 0 Å². The van der Waals surface area contributed by atoms with Gasteiger partial charge >= 0.3 is 5.97 Å². The standard InChI is InChI=1S/C12H24N4O5/c1-14-11(9-20-6-4-15-16-13)10-21-8-7-19-5-3-12(17)18-2/h11,14H,3-10H2,1-2H3. The maximum atomic E-state index is 10.8. The van der Waals surface area contributed by atoms with Gasteiger partial charge in [-0.05, 0) is 12.6 Å². The average molecular weight is 304 g/mol. The van der Waals surface area contributed by atoms with Crippen LogP contribution in [0.4, 0.5) is 0 Å². The van der Waals surface area contributed by atoms with Crippen molar-refractivity contribution in [2.75, 3.05) is 60.3 Å². The number of hydrogen-bond acceptors (Lipinski definition) is 7. The summed E-state index contributed by atoms with van der Waals surface area (Å²) < 4.78 is 20.5. The lowest BCUT2D eigenvalue weighted by Gasteiger charge is -2.16. The molecule has 21 heavy (non-hydrogen) atoms. The van der Waals surface area contributed by atoms with Crippen molar-refractivity contribution >= 4 is 5.97 Å². The molecule has 0 aromatic rings. The van der Waals surface area contributed by atoms with Gasteiger partial charge in [-0.3, -0.25) is 4.79 Å². The van der Waals surface area contributed by atoms with E-state index in [1.807, 2.05) is 7.05 Å². The van der Waals surface area contributed by atoms with Crippen molar-refractivity contribution < 1.29 is 23.7 Å². The van der Waals surface area contributed by atoms with E-state index in [1.54, 1.807) is 0 Å². The fourth-order valence-corrected chi connectivity index (χ4v) is 1.29. The Morgan fingerprint density at radius 2 is 1.86 bits per heavy atom. The third-order valence-electron chi connectivity index (χ3n) is 2.50. The van der Waals surface area contributed by atoms with E-state index in [2.05, 4.69) is 20.1 Å². The van der Waals surface area contributed by atoms with Crippen LogP contribution in [0.25, 0.3) is 10.4 Å². The number of nitrogens with one attached hydrogen (secondary N) is 1. The van der Waals surface area contributed by atoms with Crippen LogP contribution in [-0.2, 0) is 23.7 Å². The van der Waals surface area contributed by atoms with Crippen molar-refractivity contribution in [3.8, 4) is 0 Å². The number of rotatable bonds is 14. The minimum absolute atomic E-state index is 0.0612. The third-order valence-corrected chi connectivity index (χ3v) is 2.50. The Morgan fingerprint density at radius 3 is 2.48 bits per heavy atom. The molecule has 0 aliphatic heterocycles. The SMILES string of the molecule is CNC(COCCN=[N+]=[N-])COCCOCCC(=O)OC. The first-order valence-electron chi connectivity index (χ1n) is 6.72. The third kappa shape index (κ3) is 13.4. The van der Waals surface area contributed by atoms with E-state index >= 15 is 0 Å². The van der Waals surface area contributed by atoms with Gasteiger partial charge in [0, 0.05) is 11.5 Å². The number of ether oxygens (including phenoxy) is 4. The number of carbonyl (C=O) groups is 1. The number of likely N-dealkylation sites (N-methyl/N-ethyl adjacent to an activating group) is 1. The van der Waals surface area contributed by atoms with Gasteiger partial charge in [-0.25, -0.2) is 0 Å². The molecule has 1 N–H and O–H groups in total. The van der Waals surface area contributed by atoms with E-state index in [4.69, 9.17) is 19.7 Å². The van der Waals surface area contributed by atoms with Gasteiger partial charge < -0.3 is 24.3 Å². The molecule has 0 radical (unpaired) electrons. The molecule has 9 nitrogen and oxygen atoms in total. The molecule has 122 valence electrons. The second-order valence-corrected chi connectivity index (χ2v) is 4.03. The molecule has 0 aromatic heterocycles. The van der Waals surface area contributed by atoms with Gasteiger partial charge in [0.2, 0.25) is 0 Å². The van der Waals surface area contributed by atoms with Crippen LogP contribution in [-0.4, -0.2) is 72.4 Å². The summed E-state index contributed by atoms with van der Waals surface area (Å²) in [6.45, 7) is 2.86. The molecule has 1 unspecified atom stereocenters. The number of nitrogens with zero attached hydrogens (tertiary/aromatic N) is 3. The Hall–Kier alpha value is -1.38. The largest absolute Gasteiger partial charge is 0.469 e. The van der Waals surface area contributed by atoms with E-state index in [-0.39, 0.29) is 18.4 Å². The monoisotopic (exact) mass is 304 g/mol. The van der Waals surface area contributed by atoms with Crippen LogP contribution in [0.1, 0.15) is 6.42 Å². The van der Waals surface area contributed by atoms with Gasteiger partial charge in [0.15, 0.2) is 0 Å². The topological polar surface area (TPSA) is 115 Å². The Kier molecular flexibility index (Phi) is 14.0. The molecular weight excluding hydrogens is 280 g/mol. The van der Waals surface area contributed by atoms with Gasteiger partial charge in [0.05, 0.1) is 59.2 Å². The minimum atomic E-state index is -0.288. The molecule has 0 aliphatic carbocycles.